The highest BCUT2D eigenvalue weighted by Crippen LogP contribution is 2.31. The Hall–Kier alpha value is -1.52. The van der Waals surface area contributed by atoms with Gasteiger partial charge in [-0.3, -0.25) is 0 Å². The number of nitrogen functional groups attached to an aromatic ring is 1. The fraction of sp³-hybridized carbons (Fsp3) is 0.0714. The van der Waals surface area contributed by atoms with Crippen LogP contribution in [0.2, 0.25) is 5.02 Å². The van der Waals surface area contributed by atoms with E-state index in [0.29, 0.717) is 10.7 Å². The summed E-state index contributed by atoms with van der Waals surface area (Å²) >= 11 is 9.74. The summed E-state index contributed by atoms with van der Waals surface area (Å²) in [5.74, 6) is 0.742. The first kappa shape index (κ1) is 12.5. The Bertz CT molecular complexity index is 780. The lowest BCUT2D eigenvalue weighted by Crippen LogP contribution is -1.87. The molecule has 0 aliphatic rings. The molecule has 0 unspecified atom stereocenters. The Kier molecular flexibility index (Phi) is 2.99. The summed E-state index contributed by atoms with van der Waals surface area (Å²) < 4.78 is 0.969. The minimum atomic E-state index is 0.590. The van der Waals surface area contributed by atoms with E-state index in [2.05, 4.69) is 32.0 Å². The van der Waals surface area contributed by atoms with Crippen LogP contribution >= 0.6 is 27.5 Å². The van der Waals surface area contributed by atoms with Crippen LogP contribution in [0.15, 0.2) is 34.8 Å². The molecule has 0 saturated heterocycles. The number of nitrogens with zero attached hydrogens (tertiary/aromatic N) is 1. The first-order chi connectivity index (χ1) is 9.04. The Balaban J connectivity index is 2.23. The van der Waals surface area contributed by atoms with E-state index in [-0.39, 0.29) is 0 Å². The molecule has 3 N–H and O–H groups in total. The number of benzene rings is 2. The number of anilines is 1. The van der Waals surface area contributed by atoms with Gasteiger partial charge < -0.3 is 10.7 Å². The zero-order valence-corrected chi connectivity index (χ0v) is 12.5. The number of nitrogens with two attached hydrogens (primary N) is 1. The average Bonchev–Trinajstić information content (AvgIpc) is 2.72. The highest BCUT2D eigenvalue weighted by molar-refractivity contribution is 9.10. The number of H-pyrrole nitrogens is 1. The minimum Gasteiger partial charge on any atom is -0.399 e. The van der Waals surface area contributed by atoms with Crippen molar-refractivity contribution in [3.63, 3.8) is 0 Å². The van der Waals surface area contributed by atoms with Crippen molar-refractivity contribution >= 4 is 44.3 Å². The van der Waals surface area contributed by atoms with E-state index >= 15 is 0 Å². The van der Waals surface area contributed by atoms with Crippen LogP contribution in [0.1, 0.15) is 5.56 Å². The van der Waals surface area contributed by atoms with Gasteiger partial charge in [0.1, 0.15) is 11.3 Å². The third kappa shape index (κ3) is 2.22. The summed E-state index contributed by atoms with van der Waals surface area (Å²) in [6.45, 7) is 2.04. The van der Waals surface area contributed by atoms with Gasteiger partial charge in [-0.2, -0.15) is 0 Å². The minimum absolute atomic E-state index is 0.590. The summed E-state index contributed by atoms with van der Waals surface area (Å²) in [4.78, 5) is 7.87. The first-order valence-corrected chi connectivity index (χ1v) is 6.93. The van der Waals surface area contributed by atoms with Gasteiger partial charge in [0, 0.05) is 15.7 Å². The van der Waals surface area contributed by atoms with Gasteiger partial charge >= 0.3 is 0 Å². The Labute approximate surface area is 123 Å². The predicted molar refractivity (Wildman–Crippen MR) is 83.4 cm³/mol. The molecule has 0 aliphatic heterocycles. The molecule has 3 aromatic rings. The molecule has 3 nitrogen and oxygen atoms in total. The highest BCUT2D eigenvalue weighted by atomic mass is 79.9. The fourth-order valence-corrected chi connectivity index (χ4v) is 3.00. The Morgan fingerprint density at radius 2 is 2.05 bits per heavy atom. The number of imidazole rings is 1. The lowest BCUT2D eigenvalue weighted by molar-refractivity contribution is 1.33. The SMILES string of the molecule is Cc1cc(Br)c2nc(-c3ccc(N)cc3Cl)[nH]c2c1. The van der Waals surface area contributed by atoms with E-state index in [1.807, 2.05) is 25.1 Å². The molecular formula is C14H11BrClN3. The molecule has 0 bridgehead atoms. The molecule has 0 spiro atoms. The largest absolute Gasteiger partial charge is 0.399 e. The van der Waals surface area contributed by atoms with Crippen molar-refractivity contribution in [3.8, 4) is 11.4 Å². The molecule has 3 rings (SSSR count). The van der Waals surface area contributed by atoms with Crippen LogP contribution in [0, 0.1) is 6.92 Å². The summed E-state index contributed by atoms with van der Waals surface area (Å²) in [5.41, 5.74) is 10.2. The lowest BCUT2D eigenvalue weighted by Gasteiger charge is -2.01. The van der Waals surface area contributed by atoms with Crippen molar-refractivity contribution in [2.24, 2.45) is 0 Å². The second kappa shape index (κ2) is 4.54. The third-order valence-electron chi connectivity index (χ3n) is 2.93. The predicted octanol–water partition coefficient (Wildman–Crippen LogP) is 4.54. The van der Waals surface area contributed by atoms with Gasteiger partial charge in [0.05, 0.1) is 10.5 Å². The topological polar surface area (TPSA) is 54.7 Å². The Morgan fingerprint density at radius 3 is 2.79 bits per heavy atom. The molecule has 0 amide bonds. The number of fused-ring (bicyclic) bond motifs is 1. The molecule has 1 aromatic heterocycles. The maximum absolute atomic E-state index is 6.21. The molecule has 0 atom stereocenters. The quantitative estimate of drug-likeness (QED) is 0.641. The second-order valence-corrected chi connectivity index (χ2v) is 5.73. The third-order valence-corrected chi connectivity index (χ3v) is 3.85. The summed E-state index contributed by atoms with van der Waals surface area (Å²) in [7, 11) is 0. The number of halogens is 2. The van der Waals surface area contributed by atoms with E-state index in [4.69, 9.17) is 17.3 Å². The maximum atomic E-state index is 6.21. The molecule has 0 fully saturated rings. The van der Waals surface area contributed by atoms with Crippen molar-refractivity contribution in [2.45, 2.75) is 6.92 Å². The van der Waals surface area contributed by atoms with Crippen molar-refractivity contribution in [3.05, 3.63) is 45.4 Å². The van der Waals surface area contributed by atoms with Gasteiger partial charge in [0.25, 0.3) is 0 Å². The van der Waals surface area contributed by atoms with Gasteiger partial charge in [-0.15, -0.1) is 0 Å². The molecule has 19 heavy (non-hydrogen) atoms. The van der Waals surface area contributed by atoms with Crippen LogP contribution in [-0.2, 0) is 0 Å². The van der Waals surface area contributed by atoms with Gasteiger partial charge in [-0.25, -0.2) is 4.98 Å². The van der Waals surface area contributed by atoms with Crippen LogP contribution < -0.4 is 5.73 Å². The van der Waals surface area contributed by atoms with Crippen molar-refractivity contribution in [1.29, 1.82) is 0 Å². The Morgan fingerprint density at radius 1 is 1.26 bits per heavy atom. The van der Waals surface area contributed by atoms with Crippen LogP contribution in [0.5, 0.6) is 0 Å². The molecular weight excluding hydrogens is 326 g/mol. The highest BCUT2D eigenvalue weighted by Gasteiger charge is 2.11. The van der Waals surface area contributed by atoms with Gasteiger partial charge in [-0.05, 0) is 58.7 Å². The van der Waals surface area contributed by atoms with E-state index < -0.39 is 0 Å². The summed E-state index contributed by atoms with van der Waals surface area (Å²) in [6, 6.07) is 9.51. The summed E-state index contributed by atoms with van der Waals surface area (Å²) in [5, 5.41) is 0.590. The van der Waals surface area contributed by atoms with Crippen molar-refractivity contribution < 1.29 is 0 Å². The number of nitrogens with one attached hydrogen (secondary N) is 1. The van der Waals surface area contributed by atoms with E-state index in [9.17, 15) is 0 Å². The van der Waals surface area contributed by atoms with Crippen molar-refractivity contribution in [1.82, 2.24) is 9.97 Å². The fourth-order valence-electron chi connectivity index (χ4n) is 2.06. The smallest absolute Gasteiger partial charge is 0.140 e. The van der Waals surface area contributed by atoms with Crippen LogP contribution in [-0.4, -0.2) is 9.97 Å². The first-order valence-electron chi connectivity index (χ1n) is 5.76. The lowest BCUT2D eigenvalue weighted by atomic mass is 10.2. The number of aromatic nitrogens is 2. The van der Waals surface area contributed by atoms with Gasteiger partial charge in [0.15, 0.2) is 0 Å². The normalized spacial score (nSPS) is 11.1. The van der Waals surface area contributed by atoms with E-state index in [1.165, 1.54) is 0 Å². The molecule has 96 valence electrons. The maximum Gasteiger partial charge on any atom is 0.140 e. The second-order valence-electron chi connectivity index (χ2n) is 4.47. The monoisotopic (exact) mass is 335 g/mol. The number of hydrogen-bond acceptors (Lipinski definition) is 2. The summed E-state index contributed by atoms with van der Waals surface area (Å²) in [6.07, 6.45) is 0. The van der Waals surface area contributed by atoms with E-state index in [1.54, 1.807) is 6.07 Å². The zero-order valence-electron chi connectivity index (χ0n) is 10.2. The van der Waals surface area contributed by atoms with Crippen molar-refractivity contribution in [2.75, 3.05) is 5.73 Å². The number of aromatic amines is 1. The number of aryl methyl sites for hydroxylation is 1. The van der Waals surface area contributed by atoms with Crippen LogP contribution in [0.4, 0.5) is 5.69 Å². The standard InChI is InChI=1S/C14H11BrClN3/c1-7-4-10(15)13-12(5-7)18-14(19-13)9-3-2-8(17)6-11(9)16/h2-6H,17H2,1H3,(H,18,19). The number of hydrogen-bond donors (Lipinski definition) is 2. The zero-order chi connectivity index (χ0) is 13.6. The van der Waals surface area contributed by atoms with Gasteiger partial charge in [0.2, 0.25) is 0 Å². The van der Waals surface area contributed by atoms with Gasteiger partial charge in [-0.1, -0.05) is 11.6 Å². The molecule has 5 heteroatoms. The van der Waals surface area contributed by atoms with Crippen LogP contribution in [0.25, 0.3) is 22.4 Å². The molecule has 0 saturated carbocycles. The van der Waals surface area contributed by atoms with E-state index in [0.717, 1.165) is 32.5 Å². The molecule has 0 aliphatic carbocycles. The molecule has 1 heterocycles. The average molecular weight is 337 g/mol. The molecule has 2 aromatic carbocycles. The number of rotatable bonds is 1. The molecule has 0 radical (unpaired) electrons. The van der Waals surface area contributed by atoms with Crippen LogP contribution in [0.3, 0.4) is 0 Å².